The van der Waals surface area contributed by atoms with Crippen molar-refractivity contribution in [1.82, 2.24) is 0 Å². The molecule has 6 nitrogen and oxygen atoms in total. The second-order valence-corrected chi connectivity index (χ2v) is 20.9. The van der Waals surface area contributed by atoms with E-state index in [1.165, 1.54) is 141 Å². The third-order valence-electron chi connectivity index (χ3n) is 13.5. The van der Waals surface area contributed by atoms with E-state index >= 15 is 0 Å². The van der Waals surface area contributed by atoms with E-state index in [-0.39, 0.29) is 31.1 Å². The molecule has 1 unspecified atom stereocenters. The number of hydrogen-bond donors (Lipinski definition) is 0. The largest absolute Gasteiger partial charge is 0.462 e. The summed E-state index contributed by atoms with van der Waals surface area (Å²) in [4.78, 5) is 38.2. The summed E-state index contributed by atoms with van der Waals surface area (Å²) < 4.78 is 16.9. The summed E-state index contributed by atoms with van der Waals surface area (Å²) in [5, 5.41) is 0. The van der Waals surface area contributed by atoms with E-state index in [2.05, 4.69) is 130 Å². The lowest BCUT2D eigenvalue weighted by Crippen LogP contribution is -2.30. The van der Waals surface area contributed by atoms with Crippen molar-refractivity contribution in [2.45, 2.75) is 303 Å². The van der Waals surface area contributed by atoms with Crippen molar-refractivity contribution in [3.63, 3.8) is 0 Å². The van der Waals surface area contributed by atoms with Gasteiger partial charge in [0, 0.05) is 19.3 Å². The lowest BCUT2D eigenvalue weighted by atomic mass is 10.0. The van der Waals surface area contributed by atoms with Gasteiger partial charge in [-0.2, -0.15) is 0 Å². The van der Waals surface area contributed by atoms with Crippen molar-refractivity contribution >= 4 is 17.9 Å². The fourth-order valence-electron chi connectivity index (χ4n) is 8.81. The van der Waals surface area contributed by atoms with Gasteiger partial charge >= 0.3 is 17.9 Å². The maximum Gasteiger partial charge on any atom is 0.306 e. The highest BCUT2D eigenvalue weighted by Gasteiger charge is 2.19. The molecule has 0 spiro atoms. The molecule has 6 heteroatoms. The topological polar surface area (TPSA) is 78.9 Å². The smallest absolute Gasteiger partial charge is 0.306 e. The summed E-state index contributed by atoms with van der Waals surface area (Å²) in [6, 6.07) is 0. The minimum absolute atomic E-state index is 0.0790. The van der Waals surface area contributed by atoms with E-state index < -0.39 is 6.10 Å². The van der Waals surface area contributed by atoms with Crippen LogP contribution in [0.5, 0.6) is 0 Å². The lowest BCUT2D eigenvalue weighted by molar-refractivity contribution is -0.167. The van der Waals surface area contributed by atoms with E-state index in [1.807, 2.05) is 0 Å². The monoisotopic (exact) mass is 1050 g/mol. The Bertz CT molecular complexity index is 1540. The van der Waals surface area contributed by atoms with Crippen LogP contribution in [0, 0.1) is 0 Å². The van der Waals surface area contributed by atoms with Gasteiger partial charge in [-0.25, -0.2) is 0 Å². The average Bonchev–Trinajstić information content (AvgIpc) is 3.42. The molecular formula is C70H118O6. The summed E-state index contributed by atoms with van der Waals surface area (Å²) in [5.41, 5.74) is 0. The Morgan fingerprint density at radius 3 is 0.803 bits per heavy atom. The highest BCUT2D eigenvalue weighted by Crippen LogP contribution is 2.16. The van der Waals surface area contributed by atoms with E-state index in [1.54, 1.807) is 0 Å². The number of rotatable bonds is 57. The summed E-state index contributed by atoms with van der Waals surface area (Å²) in [7, 11) is 0. The fraction of sp³-hybridized carbons (Fsp3) is 0.700. The zero-order valence-electron chi connectivity index (χ0n) is 49.7. The first kappa shape index (κ1) is 72.1. The zero-order valence-corrected chi connectivity index (χ0v) is 49.7. The molecule has 76 heavy (non-hydrogen) atoms. The van der Waals surface area contributed by atoms with Crippen molar-refractivity contribution in [2.24, 2.45) is 0 Å². The Hall–Kier alpha value is -3.93. The predicted molar refractivity (Wildman–Crippen MR) is 330 cm³/mol. The van der Waals surface area contributed by atoms with Crippen LogP contribution >= 0.6 is 0 Å². The van der Waals surface area contributed by atoms with Crippen molar-refractivity contribution in [1.29, 1.82) is 0 Å². The molecule has 0 rings (SSSR count). The van der Waals surface area contributed by atoms with Gasteiger partial charge in [-0.1, -0.05) is 284 Å². The molecule has 0 N–H and O–H groups in total. The van der Waals surface area contributed by atoms with E-state index in [0.717, 1.165) is 116 Å². The van der Waals surface area contributed by atoms with Gasteiger partial charge in [-0.15, -0.1) is 0 Å². The highest BCUT2D eigenvalue weighted by molar-refractivity contribution is 5.71. The van der Waals surface area contributed by atoms with Crippen molar-refractivity contribution < 1.29 is 28.6 Å². The number of ether oxygens (including phenoxy) is 3. The van der Waals surface area contributed by atoms with Crippen LogP contribution in [-0.2, 0) is 28.6 Å². The molecular weight excluding hydrogens is 937 g/mol. The third-order valence-corrected chi connectivity index (χ3v) is 13.5. The molecule has 1 atom stereocenters. The molecule has 0 aromatic carbocycles. The van der Waals surface area contributed by atoms with Gasteiger partial charge in [-0.05, 0) is 103 Å². The Labute approximate surface area is 470 Å². The maximum absolute atomic E-state index is 12.9. The molecule has 0 aromatic heterocycles. The van der Waals surface area contributed by atoms with E-state index in [0.29, 0.717) is 19.3 Å². The molecule has 0 aliphatic heterocycles. The summed E-state index contributed by atoms with van der Waals surface area (Å²) in [6.45, 7) is 6.40. The van der Waals surface area contributed by atoms with Crippen LogP contribution in [0.1, 0.15) is 297 Å². The van der Waals surface area contributed by atoms with Crippen LogP contribution in [0.25, 0.3) is 0 Å². The number of esters is 3. The van der Waals surface area contributed by atoms with Crippen LogP contribution in [0.15, 0.2) is 109 Å². The second kappa shape index (κ2) is 63.6. The molecule has 0 amide bonds. The van der Waals surface area contributed by atoms with Crippen LogP contribution in [0.3, 0.4) is 0 Å². The van der Waals surface area contributed by atoms with Gasteiger partial charge in [0.05, 0.1) is 0 Å². The van der Waals surface area contributed by atoms with E-state index in [9.17, 15) is 14.4 Å². The normalized spacial score (nSPS) is 12.8. The first-order valence-electron chi connectivity index (χ1n) is 31.9. The highest BCUT2D eigenvalue weighted by atomic mass is 16.6. The molecule has 0 radical (unpaired) electrons. The zero-order chi connectivity index (χ0) is 55.0. The van der Waals surface area contributed by atoms with Gasteiger partial charge < -0.3 is 14.2 Å². The Kier molecular flexibility index (Phi) is 60.3. The molecule has 0 heterocycles. The SMILES string of the molecule is CC/C=C\C/C=C\C/C=C\C/C=C\C/C=C\CCCCCCCCCCCCCC(=O)OCC(COC(=O)CCCCCCCCCC)OC(=O)CCCCCCCCCCCC/C=C\C/C=C\C/C=C\C/C=C\CC. The van der Waals surface area contributed by atoms with E-state index in [4.69, 9.17) is 14.2 Å². The number of hydrogen-bond acceptors (Lipinski definition) is 6. The molecule has 434 valence electrons. The van der Waals surface area contributed by atoms with Crippen molar-refractivity contribution in [2.75, 3.05) is 13.2 Å². The molecule has 0 bridgehead atoms. The van der Waals surface area contributed by atoms with Gasteiger partial charge in [0.15, 0.2) is 6.10 Å². The molecule has 0 fully saturated rings. The van der Waals surface area contributed by atoms with Gasteiger partial charge in [0.1, 0.15) is 13.2 Å². The summed E-state index contributed by atoms with van der Waals surface area (Å²) in [6.07, 6.45) is 86.8. The van der Waals surface area contributed by atoms with Crippen molar-refractivity contribution in [3.05, 3.63) is 109 Å². The second-order valence-electron chi connectivity index (χ2n) is 20.9. The Morgan fingerprint density at radius 2 is 0.513 bits per heavy atom. The number of carbonyl (C=O) groups excluding carboxylic acids is 3. The first-order valence-corrected chi connectivity index (χ1v) is 31.9. The number of allylic oxidation sites excluding steroid dienone is 18. The minimum atomic E-state index is -0.781. The third kappa shape index (κ3) is 60.9. The first-order chi connectivity index (χ1) is 37.5. The molecule has 0 saturated heterocycles. The number of unbranched alkanes of at least 4 members (excludes halogenated alkanes) is 28. The fourth-order valence-corrected chi connectivity index (χ4v) is 8.81. The van der Waals surface area contributed by atoms with Crippen molar-refractivity contribution in [3.8, 4) is 0 Å². The molecule has 0 saturated carbocycles. The van der Waals surface area contributed by atoms with Gasteiger partial charge in [0.2, 0.25) is 0 Å². The molecule has 0 aromatic rings. The van der Waals surface area contributed by atoms with Gasteiger partial charge in [0.25, 0.3) is 0 Å². The molecule has 0 aliphatic carbocycles. The predicted octanol–water partition coefficient (Wildman–Crippen LogP) is 21.8. The Balaban J connectivity index is 4.19. The van der Waals surface area contributed by atoms with Crippen LogP contribution in [0.2, 0.25) is 0 Å². The van der Waals surface area contributed by atoms with Crippen LogP contribution in [-0.4, -0.2) is 37.2 Å². The quantitative estimate of drug-likeness (QED) is 0.0261. The molecule has 0 aliphatic rings. The van der Waals surface area contributed by atoms with Crippen LogP contribution < -0.4 is 0 Å². The minimum Gasteiger partial charge on any atom is -0.462 e. The number of carbonyl (C=O) groups is 3. The Morgan fingerprint density at radius 1 is 0.276 bits per heavy atom. The lowest BCUT2D eigenvalue weighted by Gasteiger charge is -2.18. The van der Waals surface area contributed by atoms with Crippen LogP contribution in [0.4, 0.5) is 0 Å². The maximum atomic E-state index is 12.9. The van der Waals surface area contributed by atoms with Gasteiger partial charge in [-0.3, -0.25) is 14.4 Å². The average molecular weight is 1060 g/mol. The summed E-state index contributed by atoms with van der Waals surface area (Å²) in [5.74, 6) is -0.884. The standard InChI is InChI=1S/C70H118O6/c1-4-7-10-13-16-19-21-23-25-27-29-31-33-34-35-36-38-39-41-43-45-47-49-51-54-57-60-63-69(72)75-66-67(65-74-68(71)62-59-56-53-18-15-12-9-6-3)76-70(73)64-61-58-55-52-50-48-46-44-42-40-37-32-30-28-26-24-22-20-17-14-11-8-5-2/h7-8,10-11,16-17,19-20,23-26,29-32,34-35,67H,4-6,9,12-15,18,21-22,27-28,33,36-66H2,1-3H3/b10-7-,11-8-,19-16-,20-17-,25-23-,26-24-,31-29-,32-30-,35-34-. The summed E-state index contributed by atoms with van der Waals surface area (Å²) >= 11 is 0.